The van der Waals surface area contributed by atoms with Crippen LogP contribution in [0.1, 0.15) is 12.8 Å². The number of hydrogen-bond acceptors (Lipinski definition) is 4. The zero-order valence-corrected chi connectivity index (χ0v) is 9.05. The van der Waals surface area contributed by atoms with Crippen LogP contribution in [0.4, 0.5) is 0 Å². The van der Waals surface area contributed by atoms with E-state index < -0.39 is 11.8 Å². The van der Waals surface area contributed by atoms with Crippen molar-refractivity contribution < 1.29 is 24.1 Å². The van der Waals surface area contributed by atoms with E-state index in [0.29, 0.717) is 32.8 Å². The van der Waals surface area contributed by atoms with E-state index in [4.69, 9.17) is 19.3 Å². The second-order valence-electron chi connectivity index (χ2n) is 4.01. The zero-order valence-electron chi connectivity index (χ0n) is 9.05. The third-order valence-corrected chi connectivity index (χ3v) is 2.99. The second kappa shape index (κ2) is 4.95. The number of carbonyl (C=O) groups is 1. The van der Waals surface area contributed by atoms with E-state index in [2.05, 4.69) is 0 Å². The molecule has 2 saturated heterocycles. The van der Waals surface area contributed by atoms with Crippen LogP contribution in [0, 0.1) is 5.92 Å². The van der Waals surface area contributed by atoms with Crippen molar-refractivity contribution in [3.8, 4) is 0 Å². The van der Waals surface area contributed by atoms with E-state index >= 15 is 0 Å². The first-order valence-corrected chi connectivity index (χ1v) is 5.48. The summed E-state index contributed by atoms with van der Waals surface area (Å²) in [6.07, 6.45) is 4.11. The molecule has 0 radical (unpaired) electrons. The van der Waals surface area contributed by atoms with Crippen molar-refractivity contribution in [2.24, 2.45) is 5.92 Å². The monoisotopic (exact) mass is 228 g/mol. The molecule has 0 aromatic carbocycles. The molecule has 2 aliphatic heterocycles. The van der Waals surface area contributed by atoms with Crippen molar-refractivity contribution in [3.63, 3.8) is 0 Å². The Hall–Kier alpha value is -0.910. The van der Waals surface area contributed by atoms with Crippen molar-refractivity contribution in [1.82, 2.24) is 0 Å². The van der Waals surface area contributed by atoms with Gasteiger partial charge in [-0.25, -0.2) is 4.79 Å². The number of rotatable bonds is 3. The van der Waals surface area contributed by atoms with Crippen LogP contribution < -0.4 is 0 Å². The highest BCUT2D eigenvalue weighted by Gasteiger charge is 2.45. The Labute approximate surface area is 94.0 Å². The van der Waals surface area contributed by atoms with Gasteiger partial charge in [-0.3, -0.25) is 0 Å². The number of aliphatic carboxylic acids is 1. The first kappa shape index (κ1) is 11.6. The molecule has 0 aliphatic carbocycles. The summed E-state index contributed by atoms with van der Waals surface area (Å²) in [5.74, 6) is -1.39. The Kier molecular flexibility index (Phi) is 3.58. The lowest BCUT2D eigenvalue weighted by Crippen LogP contribution is -2.46. The number of hydrogen-bond donors (Lipinski definition) is 1. The Morgan fingerprint density at radius 3 is 2.81 bits per heavy atom. The van der Waals surface area contributed by atoms with E-state index in [0.717, 1.165) is 12.5 Å². The van der Waals surface area contributed by atoms with Gasteiger partial charge in [-0.1, -0.05) is 6.08 Å². The Morgan fingerprint density at radius 2 is 2.12 bits per heavy atom. The molecule has 1 spiro atoms. The minimum absolute atomic E-state index is 0.0827. The lowest BCUT2D eigenvalue weighted by atomic mass is 9.91. The first-order valence-electron chi connectivity index (χ1n) is 5.48. The fraction of sp³-hybridized carbons (Fsp3) is 0.727. The van der Waals surface area contributed by atoms with Crippen molar-refractivity contribution in [3.05, 3.63) is 12.2 Å². The van der Waals surface area contributed by atoms with Crippen molar-refractivity contribution in [1.29, 1.82) is 0 Å². The summed E-state index contributed by atoms with van der Waals surface area (Å²) in [7, 11) is 0. The van der Waals surface area contributed by atoms with Crippen LogP contribution >= 0.6 is 0 Å². The largest absolute Gasteiger partial charge is 0.478 e. The molecule has 0 bridgehead atoms. The summed E-state index contributed by atoms with van der Waals surface area (Å²) in [4.78, 5) is 10.4. The quantitative estimate of drug-likeness (QED) is 0.724. The molecule has 5 nitrogen and oxygen atoms in total. The van der Waals surface area contributed by atoms with E-state index in [9.17, 15) is 4.79 Å². The number of allylic oxidation sites excluding steroid dienone is 1. The molecule has 1 unspecified atom stereocenters. The highest BCUT2D eigenvalue weighted by Crippen LogP contribution is 2.37. The van der Waals surface area contributed by atoms with Crippen LogP contribution in [-0.2, 0) is 19.0 Å². The average molecular weight is 228 g/mol. The van der Waals surface area contributed by atoms with Gasteiger partial charge in [0.2, 0.25) is 0 Å². The second-order valence-corrected chi connectivity index (χ2v) is 4.01. The van der Waals surface area contributed by atoms with Gasteiger partial charge in [0.15, 0.2) is 5.79 Å². The smallest absolute Gasteiger partial charge is 0.327 e. The van der Waals surface area contributed by atoms with Gasteiger partial charge < -0.3 is 19.3 Å². The molecule has 2 heterocycles. The summed E-state index contributed by atoms with van der Waals surface area (Å²) in [5, 5.41) is 8.52. The molecule has 1 atom stereocenters. The minimum Gasteiger partial charge on any atom is -0.478 e. The molecule has 2 fully saturated rings. The van der Waals surface area contributed by atoms with Gasteiger partial charge in [0.05, 0.1) is 26.4 Å². The molecule has 1 N–H and O–H groups in total. The number of ether oxygens (including phenoxy) is 3. The fourth-order valence-electron chi connectivity index (χ4n) is 2.20. The van der Waals surface area contributed by atoms with Gasteiger partial charge in [-0.05, 0) is 6.42 Å². The van der Waals surface area contributed by atoms with Gasteiger partial charge in [0.25, 0.3) is 0 Å². The Balaban J connectivity index is 1.97. The highest BCUT2D eigenvalue weighted by molar-refractivity contribution is 5.79. The molecule has 90 valence electrons. The summed E-state index contributed by atoms with van der Waals surface area (Å²) in [6.45, 7) is 2.42. The summed E-state index contributed by atoms with van der Waals surface area (Å²) in [6, 6.07) is 0. The molecular weight excluding hydrogens is 212 g/mol. The molecule has 0 aromatic heterocycles. The van der Waals surface area contributed by atoms with Crippen molar-refractivity contribution in [2.45, 2.75) is 18.6 Å². The highest BCUT2D eigenvalue weighted by atomic mass is 16.7. The van der Waals surface area contributed by atoms with E-state index in [1.807, 2.05) is 0 Å². The van der Waals surface area contributed by atoms with Crippen LogP contribution in [0.2, 0.25) is 0 Å². The lowest BCUT2D eigenvalue weighted by Gasteiger charge is -2.38. The van der Waals surface area contributed by atoms with E-state index in [1.54, 1.807) is 6.08 Å². The molecular formula is C11H16O5. The zero-order chi connectivity index (χ0) is 11.4. The molecule has 0 aromatic rings. The topological polar surface area (TPSA) is 65.0 Å². The summed E-state index contributed by atoms with van der Waals surface area (Å²) >= 11 is 0. The first-order chi connectivity index (χ1) is 7.73. The van der Waals surface area contributed by atoms with Gasteiger partial charge in [0.1, 0.15) is 0 Å². The van der Waals surface area contributed by atoms with Crippen LogP contribution in [0.15, 0.2) is 12.2 Å². The predicted molar refractivity (Wildman–Crippen MR) is 55.0 cm³/mol. The fourth-order valence-corrected chi connectivity index (χ4v) is 2.20. The third kappa shape index (κ3) is 2.42. The van der Waals surface area contributed by atoms with E-state index in [-0.39, 0.29) is 5.92 Å². The molecule has 16 heavy (non-hydrogen) atoms. The Morgan fingerprint density at radius 1 is 1.38 bits per heavy atom. The molecule has 2 rings (SSSR count). The molecule has 2 aliphatic rings. The third-order valence-electron chi connectivity index (χ3n) is 2.99. The summed E-state index contributed by atoms with van der Waals surface area (Å²) < 4.78 is 16.7. The standard InChI is InChI=1S/C11H16O5/c12-10(13)3-1-2-9-8-14-5-4-11(9)15-6-7-16-11/h1,3,9H,2,4-8H2,(H,12,13)/b3-1+. The van der Waals surface area contributed by atoms with Crippen molar-refractivity contribution >= 4 is 5.97 Å². The van der Waals surface area contributed by atoms with Gasteiger partial charge in [0, 0.05) is 18.4 Å². The van der Waals surface area contributed by atoms with Crippen molar-refractivity contribution in [2.75, 3.05) is 26.4 Å². The average Bonchev–Trinajstić information content (AvgIpc) is 2.70. The maximum atomic E-state index is 10.4. The maximum absolute atomic E-state index is 10.4. The molecule has 0 amide bonds. The molecule has 0 saturated carbocycles. The van der Waals surface area contributed by atoms with Gasteiger partial charge in [-0.2, -0.15) is 0 Å². The Bertz CT molecular complexity index is 280. The lowest BCUT2D eigenvalue weighted by molar-refractivity contribution is -0.238. The van der Waals surface area contributed by atoms with E-state index in [1.165, 1.54) is 0 Å². The van der Waals surface area contributed by atoms with Gasteiger partial charge in [-0.15, -0.1) is 0 Å². The minimum atomic E-state index is -0.931. The predicted octanol–water partition coefficient (Wildman–Crippen LogP) is 0.797. The van der Waals surface area contributed by atoms with Crippen LogP contribution in [-0.4, -0.2) is 43.3 Å². The van der Waals surface area contributed by atoms with Crippen LogP contribution in [0.25, 0.3) is 0 Å². The van der Waals surface area contributed by atoms with Gasteiger partial charge >= 0.3 is 5.97 Å². The SMILES string of the molecule is O=C(O)/C=C/CC1COCCC12OCCO2. The summed E-state index contributed by atoms with van der Waals surface area (Å²) in [5.41, 5.74) is 0. The molecule has 5 heteroatoms. The maximum Gasteiger partial charge on any atom is 0.327 e. The van der Waals surface area contributed by atoms with Crippen LogP contribution in [0.5, 0.6) is 0 Å². The number of carboxylic acids is 1. The normalized spacial score (nSPS) is 28.9. The number of carboxylic acid groups (broad SMARTS) is 1. The van der Waals surface area contributed by atoms with Crippen LogP contribution in [0.3, 0.4) is 0 Å².